The van der Waals surface area contributed by atoms with Crippen molar-refractivity contribution in [3.05, 3.63) is 0 Å². The molecule has 0 bridgehead atoms. The van der Waals surface area contributed by atoms with Crippen molar-refractivity contribution < 1.29 is 4.79 Å². The van der Waals surface area contributed by atoms with Gasteiger partial charge >= 0.3 is 0 Å². The van der Waals surface area contributed by atoms with Crippen LogP contribution in [0.4, 0.5) is 0 Å². The SMILES string of the molecule is CC1CCC(N2CCN(C(=O)[C@H]3CCN[C@@H](C)C3)CC2)CC1. The first-order chi connectivity index (χ1) is 10.6. The number of nitrogens with one attached hydrogen (secondary N) is 1. The quantitative estimate of drug-likeness (QED) is 0.848. The zero-order chi connectivity index (χ0) is 15.5. The summed E-state index contributed by atoms with van der Waals surface area (Å²) in [5, 5.41) is 3.44. The summed E-state index contributed by atoms with van der Waals surface area (Å²) in [5.41, 5.74) is 0. The van der Waals surface area contributed by atoms with Crippen molar-refractivity contribution >= 4 is 5.91 Å². The molecule has 1 N–H and O–H groups in total. The first-order valence-electron chi connectivity index (χ1n) is 9.39. The van der Waals surface area contributed by atoms with Gasteiger partial charge in [0, 0.05) is 44.2 Å². The second kappa shape index (κ2) is 7.31. The Balaban J connectivity index is 1.46. The lowest BCUT2D eigenvalue weighted by molar-refractivity contribution is -0.139. The molecule has 0 aromatic carbocycles. The van der Waals surface area contributed by atoms with Crippen LogP contribution in [0.15, 0.2) is 0 Å². The van der Waals surface area contributed by atoms with Crippen molar-refractivity contribution in [2.24, 2.45) is 11.8 Å². The van der Waals surface area contributed by atoms with Gasteiger partial charge < -0.3 is 10.2 Å². The first kappa shape index (κ1) is 16.3. The monoisotopic (exact) mass is 307 g/mol. The second-order valence-electron chi connectivity index (χ2n) is 7.85. The number of piperazine rings is 1. The number of carbonyl (C=O) groups is 1. The minimum absolute atomic E-state index is 0.262. The van der Waals surface area contributed by atoms with Gasteiger partial charge in [-0.3, -0.25) is 9.69 Å². The summed E-state index contributed by atoms with van der Waals surface area (Å²) in [6.07, 6.45) is 7.53. The fraction of sp³-hybridized carbons (Fsp3) is 0.944. The van der Waals surface area contributed by atoms with E-state index in [2.05, 4.69) is 29.0 Å². The van der Waals surface area contributed by atoms with Crippen LogP contribution >= 0.6 is 0 Å². The summed E-state index contributed by atoms with van der Waals surface area (Å²) in [6, 6.07) is 1.28. The highest BCUT2D eigenvalue weighted by molar-refractivity contribution is 5.79. The topological polar surface area (TPSA) is 35.6 Å². The summed E-state index contributed by atoms with van der Waals surface area (Å²) in [4.78, 5) is 17.5. The third-order valence-electron chi connectivity index (χ3n) is 6.10. The molecule has 2 aliphatic heterocycles. The molecule has 2 atom stereocenters. The average molecular weight is 307 g/mol. The summed E-state index contributed by atoms with van der Waals surface area (Å²) in [7, 11) is 0. The smallest absolute Gasteiger partial charge is 0.225 e. The Morgan fingerprint density at radius 1 is 0.955 bits per heavy atom. The van der Waals surface area contributed by atoms with Crippen molar-refractivity contribution in [1.82, 2.24) is 15.1 Å². The maximum absolute atomic E-state index is 12.7. The van der Waals surface area contributed by atoms with Crippen LogP contribution in [0.2, 0.25) is 0 Å². The molecule has 0 radical (unpaired) electrons. The third-order valence-corrected chi connectivity index (χ3v) is 6.10. The molecule has 0 spiro atoms. The van der Waals surface area contributed by atoms with E-state index in [4.69, 9.17) is 0 Å². The zero-order valence-electron chi connectivity index (χ0n) is 14.4. The van der Waals surface area contributed by atoms with Crippen LogP contribution in [0.25, 0.3) is 0 Å². The predicted molar refractivity (Wildman–Crippen MR) is 89.8 cm³/mol. The summed E-state index contributed by atoms with van der Waals surface area (Å²) >= 11 is 0. The van der Waals surface area contributed by atoms with Crippen molar-refractivity contribution in [1.29, 1.82) is 0 Å². The Kier molecular flexibility index (Phi) is 5.40. The second-order valence-corrected chi connectivity index (χ2v) is 7.85. The van der Waals surface area contributed by atoms with Crippen molar-refractivity contribution in [2.75, 3.05) is 32.7 Å². The van der Waals surface area contributed by atoms with Gasteiger partial charge in [0.25, 0.3) is 0 Å². The minimum atomic E-state index is 0.262. The van der Waals surface area contributed by atoms with Gasteiger partial charge in [0.05, 0.1) is 0 Å². The largest absolute Gasteiger partial charge is 0.340 e. The maximum atomic E-state index is 12.7. The van der Waals surface area contributed by atoms with Gasteiger partial charge in [-0.15, -0.1) is 0 Å². The van der Waals surface area contributed by atoms with Gasteiger partial charge in [-0.2, -0.15) is 0 Å². The van der Waals surface area contributed by atoms with E-state index in [-0.39, 0.29) is 5.92 Å². The molecule has 3 aliphatic rings. The molecule has 126 valence electrons. The van der Waals surface area contributed by atoms with Gasteiger partial charge in [0.15, 0.2) is 0 Å². The lowest BCUT2D eigenvalue weighted by Gasteiger charge is -2.42. The summed E-state index contributed by atoms with van der Waals surface area (Å²) in [5.74, 6) is 1.60. The van der Waals surface area contributed by atoms with E-state index in [0.29, 0.717) is 11.9 Å². The Morgan fingerprint density at radius 3 is 2.27 bits per heavy atom. The Bertz CT molecular complexity index is 371. The molecule has 1 aliphatic carbocycles. The Labute approximate surface area is 135 Å². The molecular formula is C18H33N3O. The molecule has 4 heteroatoms. The molecule has 2 heterocycles. The zero-order valence-corrected chi connectivity index (χ0v) is 14.4. The number of nitrogens with zero attached hydrogens (tertiary/aromatic N) is 2. The van der Waals surface area contributed by atoms with Crippen LogP contribution in [0.5, 0.6) is 0 Å². The number of carbonyl (C=O) groups excluding carboxylic acids is 1. The lowest BCUT2D eigenvalue weighted by atomic mass is 9.86. The van der Waals surface area contributed by atoms with Gasteiger partial charge in [0.1, 0.15) is 0 Å². The molecule has 3 rings (SSSR count). The fourth-order valence-corrected chi connectivity index (χ4v) is 4.53. The van der Waals surface area contributed by atoms with Crippen LogP contribution in [0, 0.1) is 11.8 Å². The number of hydrogen-bond donors (Lipinski definition) is 1. The minimum Gasteiger partial charge on any atom is -0.340 e. The van der Waals surface area contributed by atoms with Crippen LogP contribution in [0.1, 0.15) is 52.4 Å². The molecule has 0 aromatic rings. The highest BCUT2D eigenvalue weighted by Gasteiger charge is 2.32. The van der Waals surface area contributed by atoms with E-state index in [9.17, 15) is 4.79 Å². The van der Waals surface area contributed by atoms with Gasteiger partial charge in [-0.25, -0.2) is 0 Å². The van der Waals surface area contributed by atoms with Crippen LogP contribution in [-0.4, -0.2) is 60.5 Å². The lowest BCUT2D eigenvalue weighted by Crippen LogP contribution is -2.54. The normalized spacial score (nSPS) is 38.0. The molecule has 0 aromatic heterocycles. The number of amides is 1. The number of hydrogen-bond acceptors (Lipinski definition) is 3. The molecule has 2 saturated heterocycles. The van der Waals surface area contributed by atoms with E-state index in [1.807, 2.05) is 0 Å². The highest BCUT2D eigenvalue weighted by atomic mass is 16.2. The Morgan fingerprint density at radius 2 is 1.64 bits per heavy atom. The summed E-state index contributed by atoms with van der Waals surface area (Å²) < 4.78 is 0. The van der Waals surface area contributed by atoms with Crippen LogP contribution in [-0.2, 0) is 4.79 Å². The predicted octanol–water partition coefficient (Wildman–Crippen LogP) is 2.10. The molecule has 1 saturated carbocycles. The number of piperidine rings is 1. The number of rotatable bonds is 2. The molecule has 3 fully saturated rings. The average Bonchev–Trinajstić information content (AvgIpc) is 2.55. The highest BCUT2D eigenvalue weighted by Crippen LogP contribution is 2.28. The maximum Gasteiger partial charge on any atom is 0.225 e. The van der Waals surface area contributed by atoms with Gasteiger partial charge in [0.2, 0.25) is 5.91 Å². The van der Waals surface area contributed by atoms with Crippen molar-refractivity contribution in [3.63, 3.8) is 0 Å². The van der Waals surface area contributed by atoms with E-state index in [1.54, 1.807) is 0 Å². The molecule has 0 unspecified atom stereocenters. The van der Waals surface area contributed by atoms with E-state index >= 15 is 0 Å². The molecule has 4 nitrogen and oxygen atoms in total. The van der Waals surface area contributed by atoms with Crippen LogP contribution in [0.3, 0.4) is 0 Å². The standard InChI is InChI=1S/C18H33N3O/c1-14-3-5-17(6-4-14)20-9-11-21(12-10-20)18(22)16-7-8-19-15(2)13-16/h14-17,19H,3-13H2,1-2H3/t14?,15-,16-,17?/m0/s1. The first-order valence-corrected chi connectivity index (χ1v) is 9.39. The van der Waals surface area contributed by atoms with E-state index < -0.39 is 0 Å². The Hall–Kier alpha value is -0.610. The fourth-order valence-electron chi connectivity index (χ4n) is 4.53. The molecule has 22 heavy (non-hydrogen) atoms. The molecular weight excluding hydrogens is 274 g/mol. The summed E-state index contributed by atoms with van der Waals surface area (Å²) in [6.45, 7) is 9.65. The van der Waals surface area contributed by atoms with Gasteiger partial charge in [-0.05, 0) is 57.9 Å². The van der Waals surface area contributed by atoms with E-state index in [1.165, 1.54) is 25.7 Å². The van der Waals surface area contributed by atoms with Crippen LogP contribution < -0.4 is 5.32 Å². The third kappa shape index (κ3) is 3.83. The van der Waals surface area contributed by atoms with Gasteiger partial charge in [-0.1, -0.05) is 6.92 Å². The van der Waals surface area contributed by atoms with Crippen molar-refractivity contribution in [3.8, 4) is 0 Å². The molecule has 1 amide bonds. The van der Waals surface area contributed by atoms with Crippen molar-refractivity contribution in [2.45, 2.75) is 64.5 Å². The van der Waals surface area contributed by atoms with E-state index in [0.717, 1.165) is 57.5 Å².